The molecule has 2 heterocycles. The van der Waals surface area contributed by atoms with Gasteiger partial charge < -0.3 is 19.7 Å². The number of amides is 2. The molecule has 1 aromatic carbocycles. The summed E-state index contributed by atoms with van der Waals surface area (Å²) in [5.74, 6) is 0.729. The topological polar surface area (TPSA) is 67.9 Å². The fourth-order valence-electron chi connectivity index (χ4n) is 3.50. The molecule has 1 aromatic rings. The summed E-state index contributed by atoms with van der Waals surface area (Å²) in [7, 11) is 0. The number of rotatable bonds is 6. The van der Waals surface area contributed by atoms with Crippen LogP contribution >= 0.6 is 0 Å². The van der Waals surface area contributed by atoms with Crippen LogP contribution in [0.25, 0.3) is 0 Å². The smallest absolute Gasteiger partial charge is 0.252 e. The highest BCUT2D eigenvalue weighted by atomic mass is 16.5. The van der Waals surface area contributed by atoms with Crippen LogP contribution in [0.2, 0.25) is 0 Å². The van der Waals surface area contributed by atoms with E-state index in [0.717, 1.165) is 32.2 Å². The van der Waals surface area contributed by atoms with Crippen LogP contribution in [0.1, 0.15) is 49.9 Å². The van der Waals surface area contributed by atoms with Gasteiger partial charge in [0.2, 0.25) is 0 Å². The Bertz CT molecular complexity index is 623. The molecule has 0 saturated carbocycles. The monoisotopic (exact) mass is 360 g/mol. The maximum Gasteiger partial charge on any atom is 0.252 e. The van der Waals surface area contributed by atoms with E-state index < -0.39 is 0 Å². The van der Waals surface area contributed by atoms with Crippen LogP contribution in [-0.4, -0.2) is 54.7 Å². The van der Waals surface area contributed by atoms with E-state index in [0.29, 0.717) is 24.5 Å². The average molecular weight is 360 g/mol. The maximum atomic E-state index is 12.6. The van der Waals surface area contributed by atoms with Crippen LogP contribution in [0.15, 0.2) is 24.3 Å². The predicted octanol–water partition coefficient (Wildman–Crippen LogP) is 2.37. The Morgan fingerprint density at radius 2 is 2.00 bits per heavy atom. The number of hydrogen-bond donors (Lipinski definition) is 1. The van der Waals surface area contributed by atoms with Crippen molar-refractivity contribution in [1.82, 2.24) is 10.2 Å². The van der Waals surface area contributed by atoms with Crippen molar-refractivity contribution in [2.24, 2.45) is 0 Å². The molecule has 2 saturated heterocycles. The SMILES string of the molecule is CC(C)NC(=O)c1ccc(OC[C@@H]2CCCN2C(=O)[C@H]2CCCO2)cc1. The van der Waals surface area contributed by atoms with E-state index in [2.05, 4.69) is 5.32 Å². The van der Waals surface area contributed by atoms with Gasteiger partial charge >= 0.3 is 0 Å². The van der Waals surface area contributed by atoms with Gasteiger partial charge in [0.1, 0.15) is 18.5 Å². The summed E-state index contributed by atoms with van der Waals surface area (Å²) < 4.78 is 11.4. The molecule has 0 bridgehead atoms. The minimum absolute atomic E-state index is 0.0873. The van der Waals surface area contributed by atoms with E-state index in [-0.39, 0.29) is 30.0 Å². The van der Waals surface area contributed by atoms with Gasteiger partial charge in [0.25, 0.3) is 11.8 Å². The van der Waals surface area contributed by atoms with Gasteiger partial charge in [-0.1, -0.05) is 0 Å². The lowest BCUT2D eigenvalue weighted by Crippen LogP contribution is -2.44. The molecule has 2 amide bonds. The standard InChI is InChI=1S/C20H28N2O4/c1-14(2)21-19(23)15-7-9-17(10-8-15)26-13-16-5-3-11-22(16)20(24)18-6-4-12-25-18/h7-10,14,16,18H,3-6,11-13H2,1-2H3,(H,21,23)/t16-,18+/m0/s1. The summed E-state index contributed by atoms with van der Waals surface area (Å²) in [4.78, 5) is 26.5. The highest BCUT2D eigenvalue weighted by molar-refractivity contribution is 5.94. The van der Waals surface area contributed by atoms with Crippen molar-refractivity contribution in [2.75, 3.05) is 19.8 Å². The zero-order chi connectivity index (χ0) is 18.5. The third-order valence-corrected chi connectivity index (χ3v) is 4.84. The molecular weight excluding hydrogens is 332 g/mol. The largest absolute Gasteiger partial charge is 0.491 e. The number of ether oxygens (including phenoxy) is 2. The van der Waals surface area contributed by atoms with Crippen molar-refractivity contribution < 1.29 is 19.1 Å². The maximum absolute atomic E-state index is 12.6. The summed E-state index contributed by atoms with van der Waals surface area (Å²) in [6.07, 6.45) is 3.47. The van der Waals surface area contributed by atoms with E-state index in [1.807, 2.05) is 18.7 Å². The summed E-state index contributed by atoms with van der Waals surface area (Å²) >= 11 is 0. The molecule has 0 spiro atoms. The minimum atomic E-state index is -0.269. The number of nitrogens with one attached hydrogen (secondary N) is 1. The van der Waals surface area contributed by atoms with Crippen molar-refractivity contribution in [3.63, 3.8) is 0 Å². The van der Waals surface area contributed by atoms with Crippen molar-refractivity contribution in [3.8, 4) is 5.75 Å². The van der Waals surface area contributed by atoms with Gasteiger partial charge in [-0.3, -0.25) is 9.59 Å². The Morgan fingerprint density at radius 3 is 2.65 bits per heavy atom. The van der Waals surface area contributed by atoms with Gasteiger partial charge in [-0.25, -0.2) is 0 Å². The number of nitrogens with zero attached hydrogens (tertiary/aromatic N) is 1. The molecule has 6 heteroatoms. The van der Waals surface area contributed by atoms with Gasteiger partial charge in [0.05, 0.1) is 6.04 Å². The quantitative estimate of drug-likeness (QED) is 0.846. The molecule has 0 aliphatic carbocycles. The van der Waals surface area contributed by atoms with E-state index >= 15 is 0 Å². The first kappa shape index (κ1) is 18.7. The number of carbonyl (C=O) groups excluding carboxylic acids is 2. The van der Waals surface area contributed by atoms with Crippen molar-refractivity contribution in [2.45, 2.75) is 57.7 Å². The second-order valence-electron chi connectivity index (χ2n) is 7.29. The molecule has 6 nitrogen and oxygen atoms in total. The predicted molar refractivity (Wildman–Crippen MR) is 98.2 cm³/mol. The second-order valence-corrected chi connectivity index (χ2v) is 7.29. The molecule has 0 radical (unpaired) electrons. The molecule has 2 atom stereocenters. The van der Waals surface area contributed by atoms with Gasteiger partial charge in [0.15, 0.2) is 0 Å². The fourth-order valence-corrected chi connectivity index (χ4v) is 3.50. The summed E-state index contributed by atoms with van der Waals surface area (Å²) in [5, 5.41) is 2.86. The van der Waals surface area contributed by atoms with Crippen LogP contribution in [0, 0.1) is 0 Å². The number of hydrogen-bond acceptors (Lipinski definition) is 4. The van der Waals surface area contributed by atoms with Crippen molar-refractivity contribution in [3.05, 3.63) is 29.8 Å². The average Bonchev–Trinajstić information content (AvgIpc) is 3.31. The van der Waals surface area contributed by atoms with E-state index in [1.165, 1.54) is 0 Å². The second kappa shape index (κ2) is 8.54. The molecule has 2 fully saturated rings. The van der Waals surface area contributed by atoms with Crippen LogP contribution < -0.4 is 10.1 Å². The third kappa shape index (κ3) is 4.55. The lowest BCUT2D eigenvalue weighted by Gasteiger charge is -2.27. The van der Waals surface area contributed by atoms with Crippen LogP contribution in [-0.2, 0) is 9.53 Å². The number of likely N-dealkylation sites (tertiary alicyclic amines) is 1. The normalized spacial score (nSPS) is 22.7. The van der Waals surface area contributed by atoms with Crippen LogP contribution in [0.4, 0.5) is 0 Å². The van der Waals surface area contributed by atoms with Gasteiger partial charge in [-0.15, -0.1) is 0 Å². The zero-order valence-electron chi connectivity index (χ0n) is 15.6. The minimum Gasteiger partial charge on any atom is -0.491 e. The van der Waals surface area contributed by atoms with Gasteiger partial charge in [-0.2, -0.15) is 0 Å². The van der Waals surface area contributed by atoms with Crippen LogP contribution in [0.3, 0.4) is 0 Å². The molecule has 2 aliphatic heterocycles. The Labute approximate surface area is 154 Å². The lowest BCUT2D eigenvalue weighted by atomic mass is 10.2. The first-order chi connectivity index (χ1) is 12.5. The summed E-state index contributed by atoms with van der Waals surface area (Å²) in [6, 6.07) is 7.32. The highest BCUT2D eigenvalue weighted by Gasteiger charge is 2.35. The van der Waals surface area contributed by atoms with Crippen LogP contribution in [0.5, 0.6) is 5.75 Å². The third-order valence-electron chi connectivity index (χ3n) is 4.84. The van der Waals surface area contributed by atoms with Crippen molar-refractivity contribution in [1.29, 1.82) is 0 Å². The Morgan fingerprint density at radius 1 is 1.23 bits per heavy atom. The van der Waals surface area contributed by atoms with Gasteiger partial charge in [0, 0.05) is 24.8 Å². The molecule has 26 heavy (non-hydrogen) atoms. The summed E-state index contributed by atoms with van der Waals surface area (Å²) in [5.41, 5.74) is 0.613. The Balaban J connectivity index is 1.53. The number of benzene rings is 1. The highest BCUT2D eigenvalue weighted by Crippen LogP contribution is 2.23. The fraction of sp³-hybridized carbons (Fsp3) is 0.600. The molecular formula is C20H28N2O4. The lowest BCUT2D eigenvalue weighted by molar-refractivity contribution is -0.142. The van der Waals surface area contributed by atoms with Crippen molar-refractivity contribution >= 4 is 11.8 Å². The number of carbonyl (C=O) groups is 2. The molecule has 1 N–H and O–H groups in total. The Kier molecular flexibility index (Phi) is 6.14. The van der Waals surface area contributed by atoms with E-state index in [9.17, 15) is 9.59 Å². The Hall–Kier alpha value is -2.08. The molecule has 2 aliphatic rings. The van der Waals surface area contributed by atoms with Gasteiger partial charge in [-0.05, 0) is 63.8 Å². The molecule has 0 aromatic heterocycles. The first-order valence-electron chi connectivity index (χ1n) is 9.50. The summed E-state index contributed by atoms with van der Waals surface area (Å²) in [6.45, 7) is 5.79. The molecule has 0 unspecified atom stereocenters. The zero-order valence-corrected chi connectivity index (χ0v) is 15.6. The first-order valence-corrected chi connectivity index (χ1v) is 9.50. The van der Waals surface area contributed by atoms with E-state index in [1.54, 1.807) is 24.3 Å². The molecule has 142 valence electrons. The molecule has 3 rings (SSSR count). The van der Waals surface area contributed by atoms with E-state index in [4.69, 9.17) is 9.47 Å².